The molecule has 0 aromatic rings. The molecule has 0 bridgehead atoms. The third kappa shape index (κ3) is 4.86. The summed E-state index contributed by atoms with van der Waals surface area (Å²) in [7, 11) is -4.25. The largest absolute Gasteiger partial charge is 0.463 e. The number of hydrogen-bond donors (Lipinski definition) is 1. The molecule has 0 aliphatic carbocycles. The Hall–Kier alpha value is -0.880. The third-order valence-electron chi connectivity index (χ3n) is 0.923. The van der Waals surface area contributed by atoms with Gasteiger partial charge in [0.1, 0.15) is 0 Å². The molecule has 0 heterocycles. The summed E-state index contributed by atoms with van der Waals surface area (Å²) in [6.45, 7) is 3.00. The molecule has 12 heavy (non-hydrogen) atoms. The molecular weight excluding hydrogens is 184 g/mol. The summed E-state index contributed by atoms with van der Waals surface area (Å²) < 4.78 is 33.2. The van der Waals surface area contributed by atoms with Crippen molar-refractivity contribution in [2.24, 2.45) is 0 Å². The van der Waals surface area contributed by atoms with E-state index < -0.39 is 16.1 Å². The minimum Gasteiger partial charge on any atom is -0.463 e. The molecule has 0 unspecified atom stereocenters. The van der Waals surface area contributed by atoms with Crippen LogP contribution in [0.3, 0.4) is 0 Å². The third-order valence-corrected chi connectivity index (χ3v) is 1.57. The number of ether oxygens (including phenoxy) is 1. The van der Waals surface area contributed by atoms with Gasteiger partial charge in [0.25, 0.3) is 10.1 Å². The Morgan fingerprint density at radius 1 is 1.58 bits per heavy atom. The van der Waals surface area contributed by atoms with Crippen molar-refractivity contribution < 1.29 is 22.5 Å². The number of carbonyl (C=O) groups is 1. The van der Waals surface area contributed by atoms with Crippen LogP contribution in [-0.2, 0) is 19.6 Å². The summed E-state index contributed by atoms with van der Waals surface area (Å²) in [5.74, 6) is -0.755. The number of carbonyl (C=O) groups excluding carboxylic acids is 1. The van der Waals surface area contributed by atoms with Crippen LogP contribution in [-0.4, -0.2) is 25.5 Å². The minimum atomic E-state index is -4.25. The van der Waals surface area contributed by atoms with E-state index in [9.17, 15) is 13.2 Å². The highest BCUT2D eigenvalue weighted by Gasteiger charge is 2.08. The molecule has 0 aromatic heterocycles. The molecule has 5 nitrogen and oxygen atoms in total. The zero-order valence-corrected chi connectivity index (χ0v) is 7.59. The monoisotopic (exact) mass is 194 g/mol. The van der Waals surface area contributed by atoms with Gasteiger partial charge in [0, 0.05) is 5.57 Å². The fraction of sp³-hybridized carbons (Fsp3) is 0.500. The maximum atomic E-state index is 10.8. The second-order valence-corrected chi connectivity index (χ2v) is 3.30. The zero-order chi connectivity index (χ0) is 9.78. The van der Waals surface area contributed by atoms with Gasteiger partial charge in [-0.05, 0) is 13.8 Å². The van der Waals surface area contributed by atoms with E-state index in [0.717, 1.165) is 0 Å². The Kier molecular flexibility index (Phi) is 3.91. The highest BCUT2D eigenvalue weighted by molar-refractivity contribution is 7.88. The molecule has 0 fully saturated rings. The second-order valence-electron chi connectivity index (χ2n) is 2.04. The highest BCUT2D eigenvalue weighted by Crippen LogP contribution is 1.99. The Labute approximate surface area is 70.8 Å². The van der Waals surface area contributed by atoms with Crippen molar-refractivity contribution in [2.45, 2.75) is 13.8 Å². The highest BCUT2D eigenvalue weighted by atomic mass is 32.2. The fourth-order valence-corrected chi connectivity index (χ4v) is 1.06. The smallest absolute Gasteiger partial charge is 0.334 e. The first-order valence-corrected chi connectivity index (χ1v) is 4.70. The maximum Gasteiger partial charge on any atom is 0.334 e. The molecular formula is C6H10O5S. The van der Waals surface area contributed by atoms with Crippen LogP contribution in [0.25, 0.3) is 0 Å². The first-order valence-electron chi connectivity index (χ1n) is 3.19. The topological polar surface area (TPSA) is 80.7 Å². The van der Waals surface area contributed by atoms with Crippen LogP contribution in [0.5, 0.6) is 0 Å². The zero-order valence-electron chi connectivity index (χ0n) is 6.77. The van der Waals surface area contributed by atoms with E-state index in [4.69, 9.17) is 4.55 Å². The molecule has 70 valence electrons. The summed E-state index contributed by atoms with van der Waals surface area (Å²) in [5.41, 5.74) is -0.153. The average molecular weight is 194 g/mol. The van der Waals surface area contributed by atoms with Crippen LogP contribution >= 0.6 is 0 Å². The van der Waals surface area contributed by atoms with Crippen LogP contribution in [0.2, 0.25) is 0 Å². The summed E-state index contributed by atoms with van der Waals surface area (Å²) in [4.78, 5) is 10.8. The SMILES string of the molecule is CCOC(=O)C(C)=CS(=O)(=O)O. The van der Waals surface area contributed by atoms with Crippen LogP contribution in [0.4, 0.5) is 0 Å². The predicted molar refractivity (Wildman–Crippen MR) is 41.9 cm³/mol. The lowest BCUT2D eigenvalue weighted by Gasteiger charge is -1.99. The standard InChI is InChI=1S/C6H10O5S/c1-3-11-6(7)5(2)4-12(8,9)10/h4H,3H2,1-2H3,(H,8,9,10). The van der Waals surface area contributed by atoms with Gasteiger partial charge >= 0.3 is 5.97 Å². The molecule has 1 N–H and O–H groups in total. The van der Waals surface area contributed by atoms with Crippen molar-refractivity contribution in [1.29, 1.82) is 0 Å². The van der Waals surface area contributed by atoms with Gasteiger partial charge in [-0.15, -0.1) is 0 Å². The van der Waals surface area contributed by atoms with E-state index >= 15 is 0 Å². The number of hydrogen-bond acceptors (Lipinski definition) is 4. The van der Waals surface area contributed by atoms with Crippen molar-refractivity contribution in [3.63, 3.8) is 0 Å². The predicted octanol–water partition coefficient (Wildman–Crippen LogP) is 0.341. The van der Waals surface area contributed by atoms with E-state index in [1.165, 1.54) is 6.92 Å². The summed E-state index contributed by atoms with van der Waals surface area (Å²) in [6.07, 6.45) is 0. The van der Waals surface area contributed by atoms with Crippen molar-refractivity contribution in [3.05, 3.63) is 11.0 Å². The van der Waals surface area contributed by atoms with Gasteiger partial charge in [0.2, 0.25) is 0 Å². The van der Waals surface area contributed by atoms with E-state index in [1.54, 1.807) is 6.92 Å². The van der Waals surface area contributed by atoms with Gasteiger partial charge in [-0.25, -0.2) is 4.79 Å². The van der Waals surface area contributed by atoms with Gasteiger partial charge in [-0.1, -0.05) is 0 Å². The number of esters is 1. The molecule has 0 saturated carbocycles. The van der Waals surface area contributed by atoms with E-state index in [-0.39, 0.29) is 12.2 Å². The molecule has 0 saturated heterocycles. The maximum absolute atomic E-state index is 10.8. The van der Waals surface area contributed by atoms with E-state index in [1.807, 2.05) is 0 Å². The summed E-state index contributed by atoms with van der Waals surface area (Å²) in [6, 6.07) is 0. The van der Waals surface area contributed by atoms with Crippen molar-refractivity contribution in [1.82, 2.24) is 0 Å². The van der Waals surface area contributed by atoms with Crippen molar-refractivity contribution in [3.8, 4) is 0 Å². The molecule has 0 spiro atoms. The van der Waals surface area contributed by atoms with Gasteiger partial charge in [-0.2, -0.15) is 8.42 Å². The Bertz CT molecular complexity index is 287. The second kappa shape index (κ2) is 4.22. The van der Waals surface area contributed by atoms with Gasteiger partial charge in [0.05, 0.1) is 12.0 Å². The summed E-state index contributed by atoms with van der Waals surface area (Å²) >= 11 is 0. The van der Waals surface area contributed by atoms with Crippen molar-refractivity contribution in [2.75, 3.05) is 6.61 Å². The number of rotatable bonds is 3. The lowest BCUT2D eigenvalue weighted by molar-refractivity contribution is -0.138. The Balaban J connectivity index is 4.50. The van der Waals surface area contributed by atoms with E-state index in [0.29, 0.717) is 5.41 Å². The Morgan fingerprint density at radius 3 is 2.42 bits per heavy atom. The van der Waals surface area contributed by atoms with Crippen LogP contribution < -0.4 is 0 Å². The quantitative estimate of drug-likeness (QED) is 0.398. The first-order chi connectivity index (χ1) is 5.37. The van der Waals surface area contributed by atoms with Crippen molar-refractivity contribution >= 4 is 16.1 Å². The minimum absolute atomic E-state index is 0.153. The fourth-order valence-electron chi connectivity index (χ4n) is 0.516. The summed E-state index contributed by atoms with van der Waals surface area (Å²) in [5, 5.41) is 0.449. The Morgan fingerprint density at radius 2 is 2.08 bits per heavy atom. The molecule has 0 radical (unpaired) electrons. The molecule has 0 aliphatic heterocycles. The first kappa shape index (κ1) is 11.1. The average Bonchev–Trinajstić information content (AvgIpc) is 1.84. The molecule has 0 rings (SSSR count). The molecule has 0 atom stereocenters. The van der Waals surface area contributed by atoms with Crippen LogP contribution in [0, 0.1) is 0 Å². The molecule has 0 aliphatic rings. The van der Waals surface area contributed by atoms with E-state index in [2.05, 4.69) is 4.74 Å². The molecule has 0 aromatic carbocycles. The van der Waals surface area contributed by atoms with Gasteiger partial charge in [0.15, 0.2) is 0 Å². The molecule has 6 heteroatoms. The normalized spacial score (nSPS) is 12.8. The van der Waals surface area contributed by atoms with Gasteiger partial charge in [-0.3, -0.25) is 4.55 Å². The lowest BCUT2D eigenvalue weighted by Crippen LogP contribution is -2.07. The van der Waals surface area contributed by atoms with Crippen LogP contribution in [0.1, 0.15) is 13.8 Å². The lowest BCUT2D eigenvalue weighted by atomic mass is 10.4. The van der Waals surface area contributed by atoms with Crippen LogP contribution in [0.15, 0.2) is 11.0 Å². The van der Waals surface area contributed by atoms with Gasteiger partial charge < -0.3 is 4.74 Å². The molecule has 0 amide bonds.